The molecule has 5 nitrogen and oxygen atoms in total. The van der Waals surface area contributed by atoms with Crippen LogP contribution in [-0.2, 0) is 20.8 Å². The summed E-state index contributed by atoms with van der Waals surface area (Å²) in [7, 11) is 0. The summed E-state index contributed by atoms with van der Waals surface area (Å²) in [5.74, 6) is 2.18. The van der Waals surface area contributed by atoms with E-state index >= 15 is 0 Å². The summed E-state index contributed by atoms with van der Waals surface area (Å²) in [6.45, 7) is 10.0. The van der Waals surface area contributed by atoms with Crippen molar-refractivity contribution >= 4 is 62.0 Å². The van der Waals surface area contributed by atoms with Gasteiger partial charge in [-0.2, -0.15) is 0 Å². The molecule has 0 saturated heterocycles. The summed E-state index contributed by atoms with van der Waals surface area (Å²) in [6, 6.07) is 12.3. The number of benzene rings is 2. The number of nitrogens with zero attached hydrogens (tertiary/aromatic N) is 2. The van der Waals surface area contributed by atoms with Gasteiger partial charge in [-0.05, 0) is 24.0 Å². The van der Waals surface area contributed by atoms with Gasteiger partial charge in [-0.25, -0.2) is 9.98 Å². The maximum absolute atomic E-state index is 6.41. The molecule has 172 valence electrons. The molecule has 5 rings (SSSR count). The zero-order valence-corrected chi connectivity index (χ0v) is 22.7. The molecule has 3 aromatic rings. The Hall–Kier alpha value is -1.34. The summed E-state index contributed by atoms with van der Waals surface area (Å²) in [4.78, 5) is 9.29. The SMILES string of the molecule is CC(C)C1CN=C(c2cccc3c2oc2c(C4=NCC(C(C)C)O4)cccc23)O1.[Br][Fe][Br]. The Balaban J connectivity index is 0.000000775. The van der Waals surface area contributed by atoms with Crippen molar-refractivity contribution in [2.45, 2.75) is 39.9 Å². The van der Waals surface area contributed by atoms with E-state index in [2.05, 4.69) is 78.0 Å². The van der Waals surface area contributed by atoms with E-state index in [-0.39, 0.29) is 12.2 Å². The van der Waals surface area contributed by atoms with E-state index in [1.807, 2.05) is 24.3 Å². The topological polar surface area (TPSA) is 56.3 Å². The Morgan fingerprint density at radius 2 is 1.19 bits per heavy atom. The van der Waals surface area contributed by atoms with Crippen LogP contribution in [0, 0.1) is 11.8 Å². The second-order valence-electron chi connectivity index (χ2n) is 8.61. The van der Waals surface area contributed by atoms with Crippen molar-refractivity contribution in [1.82, 2.24) is 0 Å². The zero-order valence-electron chi connectivity index (χ0n) is 18.4. The number of halogens is 2. The summed E-state index contributed by atoms with van der Waals surface area (Å²) < 4.78 is 18.7. The zero-order chi connectivity index (χ0) is 22.8. The van der Waals surface area contributed by atoms with Crippen LogP contribution in [0.5, 0.6) is 0 Å². The quantitative estimate of drug-likeness (QED) is 0.305. The molecule has 2 aliphatic heterocycles. The molecule has 2 unspecified atom stereocenters. The first-order valence-corrected chi connectivity index (χ1v) is 16.1. The van der Waals surface area contributed by atoms with E-state index in [4.69, 9.17) is 13.9 Å². The van der Waals surface area contributed by atoms with Gasteiger partial charge in [0.2, 0.25) is 11.8 Å². The van der Waals surface area contributed by atoms with Crippen LogP contribution < -0.4 is 0 Å². The minimum atomic E-state index is 0.120. The van der Waals surface area contributed by atoms with Crippen molar-refractivity contribution in [2.75, 3.05) is 13.1 Å². The molecule has 1 aromatic heterocycles. The van der Waals surface area contributed by atoms with Crippen molar-refractivity contribution in [3.8, 4) is 0 Å². The van der Waals surface area contributed by atoms with Crippen molar-refractivity contribution < 1.29 is 25.2 Å². The molecular formula is C24H26Br2FeN2O3. The van der Waals surface area contributed by atoms with Gasteiger partial charge < -0.3 is 13.9 Å². The van der Waals surface area contributed by atoms with Crippen molar-refractivity contribution in [1.29, 1.82) is 0 Å². The molecule has 3 heterocycles. The second kappa shape index (κ2) is 10.3. The van der Waals surface area contributed by atoms with Crippen LogP contribution in [0.1, 0.15) is 38.8 Å². The van der Waals surface area contributed by atoms with Crippen molar-refractivity contribution in [3.63, 3.8) is 0 Å². The summed E-state index contributed by atoms with van der Waals surface area (Å²) in [6.07, 6.45) is 0.240. The van der Waals surface area contributed by atoms with Crippen LogP contribution in [0.4, 0.5) is 0 Å². The van der Waals surface area contributed by atoms with Gasteiger partial charge >= 0.3 is 39.6 Å². The number of furan rings is 1. The number of hydrogen-bond acceptors (Lipinski definition) is 5. The van der Waals surface area contributed by atoms with Crippen LogP contribution >= 0.6 is 28.2 Å². The number of fused-ring (bicyclic) bond motifs is 3. The third-order valence-electron chi connectivity index (χ3n) is 5.83. The Kier molecular flexibility index (Phi) is 7.65. The van der Waals surface area contributed by atoms with E-state index in [1.54, 1.807) is 0 Å². The van der Waals surface area contributed by atoms with E-state index in [9.17, 15) is 0 Å². The fourth-order valence-electron chi connectivity index (χ4n) is 3.93. The van der Waals surface area contributed by atoms with Gasteiger partial charge in [0, 0.05) is 10.8 Å². The van der Waals surface area contributed by atoms with Crippen molar-refractivity contribution in [3.05, 3.63) is 47.5 Å². The van der Waals surface area contributed by atoms with Crippen LogP contribution in [0.25, 0.3) is 21.9 Å². The predicted molar refractivity (Wildman–Crippen MR) is 134 cm³/mol. The van der Waals surface area contributed by atoms with E-state index in [0.29, 0.717) is 36.7 Å². The molecule has 0 bridgehead atoms. The number of hydrogen-bond donors (Lipinski definition) is 0. The summed E-state index contributed by atoms with van der Waals surface area (Å²) in [5, 5.41) is 2.11. The van der Waals surface area contributed by atoms with Gasteiger partial charge in [-0.15, -0.1) is 0 Å². The third kappa shape index (κ3) is 4.65. The second-order valence-corrected chi connectivity index (χ2v) is 14.2. The van der Waals surface area contributed by atoms with Gasteiger partial charge in [0.15, 0.2) is 0 Å². The third-order valence-corrected chi connectivity index (χ3v) is 5.83. The van der Waals surface area contributed by atoms with Gasteiger partial charge in [-0.3, -0.25) is 0 Å². The van der Waals surface area contributed by atoms with Crippen LogP contribution in [0.15, 0.2) is 50.8 Å². The number of aliphatic imine (C=N–C) groups is 2. The van der Waals surface area contributed by atoms with Crippen LogP contribution in [0.3, 0.4) is 0 Å². The first-order chi connectivity index (χ1) is 15.4. The fraction of sp³-hybridized carbons (Fsp3) is 0.417. The molecule has 0 spiro atoms. The van der Waals surface area contributed by atoms with Crippen LogP contribution in [0.2, 0.25) is 0 Å². The first-order valence-electron chi connectivity index (χ1n) is 10.7. The van der Waals surface area contributed by atoms with Gasteiger partial charge in [-0.1, -0.05) is 52.0 Å². The average molecular weight is 606 g/mol. The molecule has 0 radical (unpaired) electrons. The maximum atomic E-state index is 6.41. The van der Waals surface area contributed by atoms with E-state index < -0.39 is 0 Å². The van der Waals surface area contributed by atoms with E-state index in [0.717, 1.165) is 44.4 Å². The number of ether oxygens (including phenoxy) is 2. The fourth-order valence-corrected chi connectivity index (χ4v) is 3.93. The monoisotopic (exact) mass is 604 g/mol. The number of para-hydroxylation sites is 2. The molecule has 8 heteroatoms. The molecular weight excluding hydrogens is 580 g/mol. The molecule has 32 heavy (non-hydrogen) atoms. The molecule has 2 atom stereocenters. The summed E-state index contributed by atoms with van der Waals surface area (Å²) in [5.41, 5.74) is 3.42. The Bertz CT molecular complexity index is 1080. The molecule has 0 fully saturated rings. The molecule has 2 aromatic carbocycles. The Labute approximate surface area is 208 Å². The standard InChI is InChI=1S/C24H26N2O3.2BrH.Fe/c1-13(2)19-11-25-23(27-19)17-9-5-7-15-16-8-6-10-18(22(16)29-21(15)17)24-26-12-20(28-24)14(3)4;;;/h5-10,13-14,19-20H,11-12H2,1-4H3;2*1H;/q;;;+2/p-2. The van der Waals surface area contributed by atoms with Gasteiger partial charge in [0.25, 0.3) is 0 Å². The minimum absolute atomic E-state index is 0.120. The normalized spacial score (nSPS) is 20.4. The molecule has 2 aliphatic rings. The van der Waals surface area contributed by atoms with Crippen LogP contribution in [-0.4, -0.2) is 37.1 Å². The molecule has 0 N–H and O–H groups in total. The number of rotatable bonds is 4. The Morgan fingerprint density at radius 1 is 0.781 bits per heavy atom. The molecule has 0 aliphatic carbocycles. The summed E-state index contributed by atoms with van der Waals surface area (Å²) >= 11 is 7.00. The average Bonchev–Trinajstić information content (AvgIpc) is 3.51. The predicted octanol–water partition coefficient (Wildman–Crippen LogP) is 6.88. The molecule has 0 saturated carbocycles. The van der Waals surface area contributed by atoms with E-state index in [1.165, 1.54) is 0 Å². The first kappa shape index (κ1) is 23.8. The van der Waals surface area contributed by atoms with Gasteiger partial charge in [0.1, 0.15) is 23.4 Å². The van der Waals surface area contributed by atoms with Gasteiger partial charge in [0.05, 0.1) is 24.2 Å². The molecule has 0 amide bonds. The Morgan fingerprint density at radius 3 is 1.53 bits per heavy atom. The van der Waals surface area contributed by atoms with Crippen molar-refractivity contribution in [2.24, 2.45) is 21.8 Å².